The third-order valence-corrected chi connectivity index (χ3v) is 4.27. The Morgan fingerprint density at radius 1 is 1.33 bits per heavy atom. The lowest BCUT2D eigenvalue weighted by atomic mass is 10.1. The number of anilines is 1. The summed E-state index contributed by atoms with van der Waals surface area (Å²) in [6.45, 7) is 9.08. The van der Waals surface area contributed by atoms with Crippen molar-refractivity contribution in [3.05, 3.63) is 36.7 Å². The minimum atomic E-state index is 0.728. The summed E-state index contributed by atoms with van der Waals surface area (Å²) in [5.41, 5.74) is 1.34. The Morgan fingerprint density at radius 3 is 3.10 bits per heavy atom. The van der Waals surface area contributed by atoms with E-state index in [2.05, 4.69) is 53.3 Å². The van der Waals surface area contributed by atoms with Crippen LogP contribution in [0.1, 0.15) is 20.3 Å². The Labute approximate surface area is 127 Å². The Bertz CT molecular complexity index is 589. The standard InChI is InChI=1S/C18H25N3/c1-14(2)10-20-11-15-7-9-21(13-15)18-5-3-4-16-6-8-19-12-17(16)18/h3-6,8,12,14-15,20H,7,9-11,13H2,1-2H3. The predicted octanol–water partition coefficient (Wildman–Crippen LogP) is 3.31. The molecular weight excluding hydrogens is 258 g/mol. The molecule has 3 heteroatoms. The van der Waals surface area contributed by atoms with Crippen LogP contribution < -0.4 is 10.2 Å². The van der Waals surface area contributed by atoms with E-state index in [0.717, 1.165) is 38.0 Å². The van der Waals surface area contributed by atoms with Gasteiger partial charge in [0, 0.05) is 36.6 Å². The molecule has 3 rings (SSSR count). The number of benzene rings is 1. The van der Waals surface area contributed by atoms with Crippen molar-refractivity contribution in [1.29, 1.82) is 0 Å². The highest BCUT2D eigenvalue weighted by molar-refractivity contribution is 5.93. The number of pyridine rings is 1. The van der Waals surface area contributed by atoms with Gasteiger partial charge in [-0.3, -0.25) is 4.98 Å². The van der Waals surface area contributed by atoms with Crippen LogP contribution in [-0.4, -0.2) is 31.2 Å². The SMILES string of the molecule is CC(C)CNCC1CCN(c2cccc3ccncc23)C1. The fraction of sp³-hybridized carbons (Fsp3) is 0.500. The van der Waals surface area contributed by atoms with Gasteiger partial charge in [0.25, 0.3) is 0 Å². The van der Waals surface area contributed by atoms with Crippen LogP contribution in [0.3, 0.4) is 0 Å². The van der Waals surface area contributed by atoms with Gasteiger partial charge in [-0.05, 0) is 48.9 Å². The molecule has 1 aromatic carbocycles. The Hall–Kier alpha value is -1.61. The molecular formula is C18H25N3. The lowest BCUT2D eigenvalue weighted by Gasteiger charge is -2.21. The Balaban J connectivity index is 1.68. The van der Waals surface area contributed by atoms with Crippen LogP contribution in [0.25, 0.3) is 10.8 Å². The minimum Gasteiger partial charge on any atom is -0.371 e. The third-order valence-electron chi connectivity index (χ3n) is 4.27. The molecule has 0 radical (unpaired) electrons. The first-order chi connectivity index (χ1) is 10.2. The molecule has 1 aliphatic rings. The number of aromatic nitrogens is 1. The van der Waals surface area contributed by atoms with Gasteiger partial charge in [-0.15, -0.1) is 0 Å². The van der Waals surface area contributed by atoms with Crippen molar-refractivity contribution in [2.75, 3.05) is 31.1 Å². The average molecular weight is 283 g/mol. The molecule has 1 atom stereocenters. The van der Waals surface area contributed by atoms with E-state index in [9.17, 15) is 0 Å². The molecule has 0 saturated carbocycles. The number of fused-ring (bicyclic) bond motifs is 1. The Kier molecular flexibility index (Phi) is 4.39. The van der Waals surface area contributed by atoms with Crippen LogP contribution in [0.15, 0.2) is 36.7 Å². The molecule has 112 valence electrons. The number of hydrogen-bond acceptors (Lipinski definition) is 3. The molecule has 2 aromatic rings. The maximum absolute atomic E-state index is 4.29. The molecule has 1 aromatic heterocycles. The molecule has 2 heterocycles. The molecule has 1 fully saturated rings. The van der Waals surface area contributed by atoms with Crippen molar-refractivity contribution in [2.24, 2.45) is 11.8 Å². The van der Waals surface area contributed by atoms with Crippen LogP contribution in [0, 0.1) is 11.8 Å². The van der Waals surface area contributed by atoms with Gasteiger partial charge in [0.15, 0.2) is 0 Å². The summed E-state index contributed by atoms with van der Waals surface area (Å²) in [4.78, 5) is 6.81. The third kappa shape index (κ3) is 3.35. The maximum Gasteiger partial charge on any atom is 0.0461 e. The number of nitrogens with one attached hydrogen (secondary N) is 1. The van der Waals surface area contributed by atoms with E-state index in [1.54, 1.807) is 0 Å². The molecule has 0 aliphatic carbocycles. The van der Waals surface area contributed by atoms with Crippen LogP contribution in [0.2, 0.25) is 0 Å². The summed E-state index contributed by atoms with van der Waals surface area (Å²) in [5.74, 6) is 1.49. The van der Waals surface area contributed by atoms with E-state index in [4.69, 9.17) is 0 Å². The van der Waals surface area contributed by atoms with Crippen molar-refractivity contribution >= 4 is 16.5 Å². The van der Waals surface area contributed by atoms with Gasteiger partial charge in [0.2, 0.25) is 0 Å². The summed E-state index contributed by atoms with van der Waals surface area (Å²) in [6, 6.07) is 8.64. The lowest BCUT2D eigenvalue weighted by Crippen LogP contribution is -2.28. The summed E-state index contributed by atoms with van der Waals surface area (Å²) in [5, 5.41) is 6.15. The molecule has 3 nitrogen and oxygen atoms in total. The van der Waals surface area contributed by atoms with E-state index in [1.807, 2.05) is 12.4 Å². The van der Waals surface area contributed by atoms with Crippen LogP contribution >= 0.6 is 0 Å². The Morgan fingerprint density at radius 2 is 2.24 bits per heavy atom. The highest BCUT2D eigenvalue weighted by Gasteiger charge is 2.23. The smallest absolute Gasteiger partial charge is 0.0461 e. The molecule has 0 bridgehead atoms. The first-order valence-corrected chi connectivity index (χ1v) is 8.02. The van der Waals surface area contributed by atoms with Crippen molar-refractivity contribution in [3.8, 4) is 0 Å². The van der Waals surface area contributed by atoms with Gasteiger partial charge < -0.3 is 10.2 Å². The summed E-state index contributed by atoms with van der Waals surface area (Å²) in [6.07, 6.45) is 5.14. The molecule has 0 spiro atoms. The van der Waals surface area contributed by atoms with Gasteiger partial charge in [-0.25, -0.2) is 0 Å². The summed E-state index contributed by atoms with van der Waals surface area (Å²) >= 11 is 0. The summed E-state index contributed by atoms with van der Waals surface area (Å²) in [7, 11) is 0. The van der Waals surface area contributed by atoms with E-state index in [0.29, 0.717) is 0 Å². The zero-order chi connectivity index (χ0) is 14.7. The highest BCUT2D eigenvalue weighted by atomic mass is 15.2. The second-order valence-electron chi connectivity index (χ2n) is 6.53. The lowest BCUT2D eigenvalue weighted by molar-refractivity contribution is 0.477. The molecule has 0 amide bonds. The minimum absolute atomic E-state index is 0.728. The number of hydrogen-bond donors (Lipinski definition) is 1. The van der Waals surface area contributed by atoms with E-state index in [1.165, 1.54) is 22.9 Å². The van der Waals surface area contributed by atoms with Crippen molar-refractivity contribution < 1.29 is 0 Å². The molecule has 1 aliphatic heterocycles. The van der Waals surface area contributed by atoms with Gasteiger partial charge in [-0.1, -0.05) is 26.0 Å². The van der Waals surface area contributed by atoms with Crippen LogP contribution in [0.5, 0.6) is 0 Å². The van der Waals surface area contributed by atoms with Crippen molar-refractivity contribution in [1.82, 2.24) is 10.3 Å². The zero-order valence-corrected chi connectivity index (χ0v) is 13.0. The monoisotopic (exact) mass is 283 g/mol. The highest BCUT2D eigenvalue weighted by Crippen LogP contribution is 2.30. The van der Waals surface area contributed by atoms with E-state index >= 15 is 0 Å². The second-order valence-corrected chi connectivity index (χ2v) is 6.53. The van der Waals surface area contributed by atoms with Gasteiger partial charge >= 0.3 is 0 Å². The molecule has 21 heavy (non-hydrogen) atoms. The van der Waals surface area contributed by atoms with Gasteiger partial charge in [0.05, 0.1) is 0 Å². The van der Waals surface area contributed by atoms with Crippen molar-refractivity contribution in [3.63, 3.8) is 0 Å². The van der Waals surface area contributed by atoms with E-state index < -0.39 is 0 Å². The fourth-order valence-electron chi connectivity index (χ4n) is 3.17. The first kappa shape index (κ1) is 14.3. The average Bonchev–Trinajstić information content (AvgIpc) is 2.95. The van der Waals surface area contributed by atoms with E-state index in [-0.39, 0.29) is 0 Å². The van der Waals surface area contributed by atoms with Crippen LogP contribution in [-0.2, 0) is 0 Å². The zero-order valence-electron chi connectivity index (χ0n) is 13.0. The van der Waals surface area contributed by atoms with Gasteiger partial charge in [-0.2, -0.15) is 0 Å². The van der Waals surface area contributed by atoms with Gasteiger partial charge in [0.1, 0.15) is 0 Å². The van der Waals surface area contributed by atoms with Crippen LogP contribution in [0.4, 0.5) is 5.69 Å². The van der Waals surface area contributed by atoms with Crippen molar-refractivity contribution in [2.45, 2.75) is 20.3 Å². The largest absolute Gasteiger partial charge is 0.371 e. The summed E-state index contributed by atoms with van der Waals surface area (Å²) < 4.78 is 0. The number of rotatable bonds is 5. The molecule has 1 unspecified atom stereocenters. The quantitative estimate of drug-likeness (QED) is 0.912. The topological polar surface area (TPSA) is 28.2 Å². The predicted molar refractivity (Wildman–Crippen MR) is 89.8 cm³/mol. The molecule has 1 saturated heterocycles. The maximum atomic E-state index is 4.29. The molecule has 1 N–H and O–H groups in total. The fourth-order valence-corrected chi connectivity index (χ4v) is 3.17. The normalized spacial score (nSPS) is 18.8. The first-order valence-electron chi connectivity index (χ1n) is 8.02. The second kappa shape index (κ2) is 6.44. The number of nitrogens with zero attached hydrogens (tertiary/aromatic N) is 2.